The van der Waals surface area contributed by atoms with Gasteiger partial charge >= 0.3 is 8.41 Å². The molecule has 0 aliphatic carbocycles. The topological polar surface area (TPSA) is 12.0 Å². The molecule has 0 aromatic carbocycles. The quantitative estimate of drug-likeness (QED) is 0.341. The summed E-state index contributed by atoms with van der Waals surface area (Å²) >= 11 is 0. The van der Waals surface area contributed by atoms with Crippen molar-refractivity contribution in [3.8, 4) is 0 Å². The molecule has 0 unspecified atom stereocenters. The van der Waals surface area contributed by atoms with Crippen LogP contribution in [-0.4, -0.2) is 21.5 Å². The molecule has 0 atom stereocenters. The molecule has 1 aliphatic heterocycles. The van der Waals surface area contributed by atoms with E-state index in [1.54, 1.807) is 0 Å². The van der Waals surface area contributed by atoms with Crippen LogP contribution in [0.2, 0.25) is 0 Å². The van der Waals surface area contributed by atoms with E-state index in [1.807, 2.05) is 0 Å². The summed E-state index contributed by atoms with van der Waals surface area (Å²) in [6, 6.07) is 0. The van der Waals surface area contributed by atoms with Crippen molar-refractivity contribution in [2.75, 3.05) is 13.1 Å². The third-order valence-corrected chi connectivity index (χ3v) is 1.21. The fourth-order valence-electron chi connectivity index (χ4n) is 0.802. The van der Waals surface area contributed by atoms with Gasteiger partial charge in [-0.3, -0.25) is 0 Å². The SMILES string of the molecule is C1CCNCC1.[B+3].[F-].[F-].[F-]. The molecule has 10 heavy (non-hydrogen) atoms. The average Bonchev–Trinajstić information content (AvgIpc) is 1.72. The van der Waals surface area contributed by atoms with Crippen LogP contribution in [0.1, 0.15) is 19.3 Å². The van der Waals surface area contributed by atoms with E-state index in [1.165, 1.54) is 32.4 Å². The molecule has 0 spiro atoms. The van der Waals surface area contributed by atoms with Crippen LogP contribution in [0.25, 0.3) is 0 Å². The van der Waals surface area contributed by atoms with Crippen LogP contribution in [0.5, 0.6) is 0 Å². The van der Waals surface area contributed by atoms with Crippen LogP contribution in [0.15, 0.2) is 0 Å². The molecular weight excluding hydrogens is 142 g/mol. The minimum Gasteiger partial charge on any atom is -1.00 e. The largest absolute Gasteiger partial charge is 3.00 e. The van der Waals surface area contributed by atoms with Crippen LogP contribution in [0, 0.1) is 0 Å². The normalized spacial score (nSPS) is 14.4. The van der Waals surface area contributed by atoms with E-state index < -0.39 is 0 Å². The summed E-state index contributed by atoms with van der Waals surface area (Å²) in [6.45, 7) is 2.50. The molecule has 1 fully saturated rings. The van der Waals surface area contributed by atoms with E-state index >= 15 is 0 Å². The Morgan fingerprint density at radius 3 is 1.20 bits per heavy atom. The van der Waals surface area contributed by atoms with E-state index in [4.69, 9.17) is 0 Å². The first kappa shape index (κ1) is 22.6. The molecule has 0 bridgehead atoms. The van der Waals surface area contributed by atoms with Gasteiger partial charge < -0.3 is 19.4 Å². The smallest absolute Gasteiger partial charge is 1.00 e. The van der Waals surface area contributed by atoms with Crippen molar-refractivity contribution >= 4 is 8.41 Å². The van der Waals surface area contributed by atoms with Crippen molar-refractivity contribution in [3.05, 3.63) is 0 Å². The van der Waals surface area contributed by atoms with Gasteiger partial charge in [0, 0.05) is 0 Å². The molecule has 0 aromatic rings. The Morgan fingerprint density at radius 2 is 1.10 bits per heavy atom. The molecule has 1 N–H and O–H groups in total. The minimum absolute atomic E-state index is 0. The summed E-state index contributed by atoms with van der Waals surface area (Å²) in [7, 11) is 0. The van der Waals surface area contributed by atoms with Crippen molar-refractivity contribution in [2.24, 2.45) is 0 Å². The number of hydrogen-bond acceptors (Lipinski definition) is 1. The second-order valence-corrected chi connectivity index (χ2v) is 1.81. The molecule has 0 aromatic heterocycles. The summed E-state index contributed by atoms with van der Waals surface area (Å²) in [4.78, 5) is 0. The maximum Gasteiger partial charge on any atom is 3.00 e. The van der Waals surface area contributed by atoms with E-state index in [0.29, 0.717) is 0 Å². The molecule has 1 aliphatic rings. The molecule has 1 nitrogen and oxygen atoms in total. The van der Waals surface area contributed by atoms with E-state index in [0.717, 1.165) is 0 Å². The Hall–Kier alpha value is -0.185. The summed E-state index contributed by atoms with van der Waals surface area (Å²) in [5.41, 5.74) is 0. The predicted molar refractivity (Wildman–Crippen MR) is 32.5 cm³/mol. The van der Waals surface area contributed by atoms with Gasteiger partial charge in [-0.15, -0.1) is 0 Å². The van der Waals surface area contributed by atoms with Gasteiger partial charge in [-0.2, -0.15) is 0 Å². The molecule has 5 heteroatoms. The standard InChI is InChI=1S/C5H11N.B.3FH/c1-2-4-6-5-3-1;;;;/h6H,1-5H2;;3*1H/q;+3;;;/p-3. The van der Waals surface area contributed by atoms with Crippen LogP contribution in [-0.2, 0) is 0 Å². The van der Waals surface area contributed by atoms with E-state index in [9.17, 15) is 0 Å². The van der Waals surface area contributed by atoms with Gasteiger partial charge in [0.25, 0.3) is 0 Å². The van der Waals surface area contributed by atoms with Crippen LogP contribution >= 0.6 is 0 Å². The van der Waals surface area contributed by atoms with Crippen molar-refractivity contribution < 1.29 is 14.1 Å². The van der Waals surface area contributed by atoms with Gasteiger partial charge in [-0.25, -0.2) is 0 Å². The molecule has 0 saturated carbocycles. The Labute approximate surface area is 61.3 Å². The first-order valence-corrected chi connectivity index (χ1v) is 2.71. The second-order valence-electron chi connectivity index (χ2n) is 1.81. The summed E-state index contributed by atoms with van der Waals surface area (Å²) in [6.07, 6.45) is 4.22. The van der Waals surface area contributed by atoms with Crippen molar-refractivity contribution in [3.63, 3.8) is 0 Å². The number of hydrogen-bond donors (Lipinski definition) is 1. The third-order valence-electron chi connectivity index (χ3n) is 1.21. The molecule has 1 rings (SSSR count). The molecule has 60 valence electrons. The number of piperidine rings is 1. The summed E-state index contributed by atoms with van der Waals surface area (Å²) in [5.74, 6) is 0. The predicted octanol–water partition coefficient (Wildman–Crippen LogP) is -8.61. The van der Waals surface area contributed by atoms with Gasteiger partial charge in [-0.1, -0.05) is 6.42 Å². The van der Waals surface area contributed by atoms with E-state index in [-0.39, 0.29) is 22.5 Å². The summed E-state index contributed by atoms with van der Waals surface area (Å²) < 4.78 is 0. The van der Waals surface area contributed by atoms with Gasteiger partial charge in [0.05, 0.1) is 0 Å². The zero-order chi connectivity index (χ0) is 4.24. The van der Waals surface area contributed by atoms with Crippen molar-refractivity contribution in [1.29, 1.82) is 0 Å². The van der Waals surface area contributed by atoms with E-state index in [2.05, 4.69) is 5.32 Å². The first-order valence-electron chi connectivity index (χ1n) is 2.71. The third kappa shape index (κ3) is 10.7. The Kier molecular flexibility index (Phi) is 35.9. The van der Waals surface area contributed by atoms with Gasteiger partial charge in [0.15, 0.2) is 0 Å². The zero-order valence-corrected chi connectivity index (χ0v) is 5.75. The van der Waals surface area contributed by atoms with Crippen molar-refractivity contribution in [1.82, 2.24) is 5.32 Å². The molecular formula is C5H11BF3N. The van der Waals surface area contributed by atoms with Crippen molar-refractivity contribution in [2.45, 2.75) is 19.3 Å². The van der Waals surface area contributed by atoms with Gasteiger partial charge in [0.1, 0.15) is 0 Å². The maximum atomic E-state index is 3.28. The van der Waals surface area contributed by atoms with Crippen LogP contribution < -0.4 is 19.4 Å². The second kappa shape index (κ2) is 15.9. The maximum absolute atomic E-state index is 3.28. The average molecular weight is 153 g/mol. The van der Waals surface area contributed by atoms with Crippen LogP contribution in [0.3, 0.4) is 0 Å². The van der Waals surface area contributed by atoms with Gasteiger partial charge in [0.2, 0.25) is 0 Å². The first-order chi connectivity index (χ1) is 3.00. The molecule has 0 amide bonds. The molecule has 1 heterocycles. The molecule has 0 radical (unpaired) electrons. The Morgan fingerprint density at radius 1 is 0.700 bits per heavy atom. The zero-order valence-electron chi connectivity index (χ0n) is 5.75. The monoisotopic (exact) mass is 153 g/mol. The number of nitrogens with one attached hydrogen (secondary N) is 1. The van der Waals surface area contributed by atoms with Gasteiger partial charge in [-0.05, 0) is 25.9 Å². The minimum atomic E-state index is 0. The summed E-state index contributed by atoms with van der Waals surface area (Å²) in [5, 5.41) is 3.28. The fourth-order valence-corrected chi connectivity index (χ4v) is 0.802. The number of halogens is 3. The molecule has 1 saturated heterocycles. The Balaban J connectivity index is -0.0000000450. The number of rotatable bonds is 0. The fraction of sp³-hybridized carbons (Fsp3) is 1.00. The van der Waals surface area contributed by atoms with Crippen LogP contribution in [0.4, 0.5) is 0 Å². The Bertz CT molecular complexity index is 32.4.